The van der Waals surface area contributed by atoms with Crippen molar-refractivity contribution in [2.24, 2.45) is 0 Å². The number of pyridine rings is 1. The molecule has 3 atom stereocenters. The molecule has 0 radical (unpaired) electrons. The van der Waals surface area contributed by atoms with Gasteiger partial charge in [-0.1, -0.05) is 0 Å². The molecule has 0 spiro atoms. The second kappa shape index (κ2) is 5.34. The highest BCUT2D eigenvalue weighted by molar-refractivity contribution is 5.89. The summed E-state index contributed by atoms with van der Waals surface area (Å²) < 4.78 is 0. The van der Waals surface area contributed by atoms with Crippen LogP contribution in [0.25, 0.3) is 10.8 Å². The quantitative estimate of drug-likeness (QED) is 0.919. The number of aliphatic hydroxyl groups is 1. The summed E-state index contributed by atoms with van der Waals surface area (Å²) in [5.41, 5.74) is 1.56. The molecule has 3 unspecified atom stereocenters. The van der Waals surface area contributed by atoms with Crippen molar-refractivity contribution in [2.45, 2.75) is 44.9 Å². The third kappa shape index (κ3) is 2.34. The molecule has 21 heavy (non-hydrogen) atoms. The topological polar surface area (TPSA) is 60.1 Å². The molecule has 1 fully saturated rings. The van der Waals surface area contributed by atoms with Crippen LogP contribution in [0.4, 0.5) is 5.69 Å². The van der Waals surface area contributed by atoms with E-state index in [1.54, 1.807) is 6.20 Å². The van der Waals surface area contributed by atoms with Crippen LogP contribution in [-0.2, 0) is 0 Å². The number of nitriles is 1. The SMILES string of the molecule is CC(O)C1CCC(C)N1c1ccc2c(C#N)nccc2c1. The molecule has 1 saturated heterocycles. The molecule has 2 heterocycles. The molecule has 1 N–H and O–H groups in total. The van der Waals surface area contributed by atoms with E-state index in [1.807, 2.05) is 25.1 Å². The van der Waals surface area contributed by atoms with Gasteiger partial charge in [-0.15, -0.1) is 0 Å². The van der Waals surface area contributed by atoms with E-state index in [2.05, 4.69) is 28.9 Å². The van der Waals surface area contributed by atoms with E-state index < -0.39 is 0 Å². The Morgan fingerprint density at radius 1 is 1.38 bits per heavy atom. The van der Waals surface area contributed by atoms with E-state index in [4.69, 9.17) is 5.26 Å². The molecule has 0 bridgehead atoms. The van der Waals surface area contributed by atoms with Crippen molar-refractivity contribution >= 4 is 16.5 Å². The van der Waals surface area contributed by atoms with Crippen LogP contribution in [0.5, 0.6) is 0 Å². The van der Waals surface area contributed by atoms with E-state index >= 15 is 0 Å². The van der Waals surface area contributed by atoms with Gasteiger partial charge in [0.1, 0.15) is 11.8 Å². The van der Waals surface area contributed by atoms with Crippen LogP contribution in [0.2, 0.25) is 0 Å². The molecule has 0 aliphatic carbocycles. The number of nitrogens with zero attached hydrogens (tertiary/aromatic N) is 3. The minimum Gasteiger partial charge on any atom is -0.391 e. The second-order valence-corrected chi connectivity index (χ2v) is 5.82. The minimum atomic E-state index is -0.349. The molecule has 1 aromatic carbocycles. The third-order valence-electron chi connectivity index (χ3n) is 4.42. The Morgan fingerprint density at radius 2 is 2.19 bits per heavy atom. The number of hydrogen-bond acceptors (Lipinski definition) is 4. The lowest BCUT2D eigenvalue weighted by atomic mass is 10.1. The Hall–Kier alpha value is -2.12. The summed E-state index contributed by atoms with van der Waals surface area (Å²) in [6, 6.07) is 10.7. The predicted molar refractivity (Wildman–Crippen MR) is 83.1 cm³/mol. The molecule has 2 aromatic rings. The van der Waals surface area contributed by atoms with Gasteiger partial charge in [0.05, 0.1) is 12.1 Å². The first-order valence-electron chi connectivity index (χ1n) is 7.37. The highest BCUT2D eigenvalue weighted by Crippen LogP contribution is 2.34. The van der Waals surface area contributed by atoms with E-state index in [0.717, 1.165) is 29.3 Å². The molecule has 4 heteroatoms. The van der Waals surface area contributed by atoms with Crippen molar-refractivity contribution in [3.05, 3.63) is 36.2 Å². The largest absolute Gasteiger partial charge is 0.391 e. The standard InChI is InChI=1S/C17H19N3O/c1-11-3-6-17(12(2)21)20(11)14-4-5-15-13(9-14)7-8-19-16(15)10-18/h4-5,7-9,11-12,17,21H,3,6H2,1-2H3. The third-order valence-corrected chi connectivity index (χ3v) is 4.42. The van der Waals surface area contributed by atoms with Gasteiger partial charge >= 0.3 is 0 Å². The Bertz CT molecular complexity index is 705. The van der Waals surface area contributed by atoms with Gasteiger partial charge in [-0.05, 0) is 56.3 Å². The van der Waals surface area contributed by atoms with Gasteiger partial charge in [-0.2, -0.15) is 5.26 Å². The lowest BCUT2D eigenvalue weighted by molar-refractivity contribution is 0.163. The van der Waals surface area contributed by atoms with Gasteiger partial charge < -0.3 is 10.0 Å². The molecule has 3 rings (SSSR count). The lowest BCUT2D eigenvalue weighted by Gasteiger charge is -2.32. The van der Waals surface area contributed by atoms with Gasteiger partial charge in [0.15, 0.2) is 0 Å². The first-order valence-corrected chi connectivity index (χ1v) is 7.37. The van der Waals surface area contributed by atoms with Crippen LogP contribution >= 0.6 is 0 Å². The maximum atomic E-state index is 10.0. The first kappa shape index (κ1) is 13.8. The molecule has 0 amide bonds. The predicted octanol–water partition coefficient (Wildman–Crippen LogP) is 2.84. The summed E-state index contributed by atoms with van der Waals surface area (Å²) in [4.78, 5) is 6.40. The van der Waals surface area contributed by atoms with Crippen molar-refractivity contribution in [1.29, 1.82) is 5.26 Å². The number of benzene rings is 1. The normalized spacial score (nSPS) is 23.2. The summed E-state index contributed by atoms with van der Waals surface area (Å²) in [5, 5.41) is 21.0. The Labute approximate surface area is 124 Å². The fourth-order valence-electron chi connectivity index (χ4n) is 3.35. The number of anilines is 1. The molecule has 1 aliphatic heterocycles. The first-order chi connectivity index (χ1) is 10.1. The zero-order valence-electron chi connectivity index (χ0n) is 12.3. The summed E-state index contributed by atoms with van der Waals surface area (Å²) in [6.45, 7) is 4.05. The number of aliphatic hydroxyl groups excluding tert-OH is 1. The summed E-state index contributed by atoms with van der Waals surface area (Å²) in [6.07, 6.45) is 3.42. The number of rotatable bonds is 2. The van der Waals surface area contributed by atoms with E-state index in [9.17, 15) is 5.11 Å². The number of fused-ring (bicyclic) bond motifs is 1. The maximum Gasteiger partial charge on any atom is 0.148 e. The summed E-state index contributed by atoms with van der Waals surface area (Å²) in [5.74, 6) is 0. The molecule has 1 aromatic heterocycles. The summed E-state index contributed by atoms with van der Waals surface area (Å²) in [7, 11) is 0. The average Bonchev–Trinajstić information content (AvgIpc) is 2.88. The fourth-order valence-corrected chi connectivity index (χ4v) is 3.35. The Kier molecular flexibility index (Phi) is 3.52. The Morgan fingerprint density at radius 3 is 2.90 bits per heavy atom. The molecule has 1 aliphatic rings. The molecule has 108 valence electrons. The zero-order valence-corrected chi connectivity index (χ0v) is 12.3. The van der Waals surface area contributed by atoms with Gasteiger partial charge in [0.2, 0.25) is 0 Å². The van der Waals surface area contributed by atoms with Crippen molar-refractivity contribution < 1.29 is 5.11 Å². The molecule has 4 nitrogen and oxygen atoms in total. The second-order valence-electron chi connectivity index (χ2n) is 5.82. The van der Waals surface area contributed by atoms with Crippen molar-refractivity contribution in [3.63, 3.8) is 0 Å². The van der Waals surface area contributed by atoms with Gasteiger partial charge in [-0.3, -0.25) is 0 Å². The zero-order chi connectivity index (χ0) is 15.0. The van der Waals surface area contributed by atoms with Crippen LogP contribution in [0.1, 0.15) is 32.4 Å². The lowest BCUT2D eigenvalue weighted by Crippen LogP contribution is -2.40. The van der Waals surface area contributed by atoms with Gasteiger partial charge in [0, 0.05) is 23.3 Å². The van der Waals surface area contributed by atoms with Crippen molar-refractivity contribution in [1.82, 2.24) is 4.98 Å². The summed E-state index contributed by atoms with van der Waals surface area (Å²) >= 11 is 0. The van der Waals surface area contributed by atoms with E-state index in [-0.39, 0.29) is 12.1 Å². The smallest absolute Gasteiger partial charge is 0.148 e. The van der Waals surface area contributed by atoms with Gasteiger partial charge in [0.25, 0.3) is 0 Å². The highest BCUT2D eigenvalue weighted by atomic mass is 16.3. The van der Waals surface area contributed by atoms with Crippen LogP contribution in [-0.4, -0.2) is 28.3 Å². The molecular weight excluding hydrogens is 262 g/mol. The van der Waals surface area contributed by atoms with Crippen molar-refractivity contribution in [3.8, 4) is 6.07 Å². The van der Waals surface area contributed by atoms with Crippen LogP contribution in [0, 0.1) is 11.3 Å². The minimum absolute atomic E-state index is 0.162. The number of aromatic nitrogens is 1. The van der Waals surface area contributed by atoms with E-state index in [0.29, 0.717) is 11.7 Å². The number of hydrogen-bond donors (Lipinski definition) is 1. The Balaban J connectivity index is 2.07. The monoisotopic (exact) mass is 281 g/mol. The highest BCUT2D eigenvalue weighted by Gasteiger charge is 2.33. The fraction of sp³-hybridized carbons (Fsp3) is 0.412. The maximum absolute atomic E-state index is 10.0. The van der Waals surface area contributed by atoms with Crippen LogP contribution < -0.4 is 4.90 Å². The van der Waals surface area contributed by atoms with Crippen LogP contribution in [0.15, 0.2) is 30.5 Å². The average molecular weight is 281 g/mol. The van der Waals surface area contributed by atoms with Gasteiger partial charge in [-0.25, -0.2) is 4.98 Å². The molecule has 0 saturated carbocycles. The van der Waals surface area contributed by atoms with Crippen molar-refractivity contribution in [2.75, 3.05) is 4.90 Å². The van der Waals surface area contributed by atoms with Crippen LogP contribution in [0.3, 0.4) is 0 Å². The molecular formula is C17H19N3O. The van der Waals surface area contributed by atoms with E-state index in [1.165, 1.54) is 0 Å².